The Kier molecular flexibility index (Phi) is 5.45. The molecule has 0 amide bonds. The largest absolute Gasteiger partial charge is 0.240 e. The number of halogens is 2. The Morgan fingerprint density at radius 3 is 2.53 bits per heavy atom. The van der Waals surface area contributed by atoms with Crippen molar-refractivity contribution in [2.24, 2.45) is 5.92 Å². The molecule has 1 aromatic carbocycles. The third-order valence-corrected chi connectivity index (χ3v) is 6.27. The molecule has 0 spiro atoms. The van der Waals surface area contributed by atoms with E-state index in [2.05, 4.69) is 36.6 Å². The first-order chi connectivity index (χ1) is 8.97. The summed E-state index contributed by atoms with van der Waals surface area (Å²) in [6.07, 6.45) is 4.42. The van der Waals surface area contributed by atoms with Crippen molar-refractivity contribution < 1.29 is 8.42 Å². The SMILES string of the molecule is O=S(=O)(NCC1CCC(Br)CC1)c1cccc(Br)c1. The van der Waals surface area contributed by atoms with Crippen LogP contribution in [0.15, 0.2) is 33.6 Å². The van der Waals surface area contributed by atoms with Gasteiger partial charge in [0.25, 0.3) is 0 Å². The van der Waals surface area contributed by atoms with Gasteiger partial charge in [0.1, 0.15) is 0 Å². The number of hydrogen-bond donors (Lipinski definition) is 1. The smallest absolute Gasteiger partial charge is 0.211 e. The molecule has 0 aliphatic heterocycles. The fraction of sp³-hybridized carbons (Fsp3) is 0.538. The summed E-state index contributed by atoms with van der Waals surface area (Å²) in [5.74, 6) is 0.454. The number of hydrogen-bond acceptors (Lipinski definition) is 2. The van der Waals surface area contributed by atoms with E-state index in [0.717, 1.165) is 30.2 Å². The van der Waals surface area contributed by atoms with Crippen molar-refractivity contribution in [3.8, 4) is 0 Å². The van der Waals surface area contributed by atoms with Crippen LogP contribution in [0.25, 0.3) is 0 Å². The van der Waals surface area contributed by atoms with Crippen LogP contribution in [0.5, 0.6) is 0 Å². The molecule has 2 rings (SSSR count). The summed E-state index contributed by atoms with van der Waals surface area (Å²) < 4.78 is 27.8. The number of alkyl halides is 1. The topological polar surface area (TPSA) is 46.2 Å². The summed E-state index contributed by atoms with van der Waals surface area (Å²) in [7, 11) is -3.39. The Balaban J connectivity index is 1.95. The van der Waals surface area contributed by atoms with Crippen molar-refractivity contribution >= 4 is 41.9 Å². The maximum atomic E-state index is 12.2. The van der Waals surface area contributed by atoms with Gasteiger partial charge in [0.05, 0.1) is 4.90 Å². The minimum atomic E-state index is -3.39. The van der Waals surface area contributed by atoms with Gasteiger partial charge in [0.2, 0.25) is 10.0 Å². The molecule has 1 N–H and O–H groups in total. The molecule has 106 valence electrons. The van der Waals surface area contributed by atoms with E-state index in [0.29, 0.717) is 22.2 Å². The molecule has 0 atom stereocenters. The highest BCUT2D eigenvalue weighted by atomic mass is 79.9. The van der Waals surface area contributed by atoms with E-state index in [4.69, 9.17) is 0 Å². The molecule has 1 aromatic rings. The molecule has 0 bridgehead atoms. The molecule has 0 aromatic heterocycles. The Bertz CT molecular complexity index is 525. The Hall–Kier alpha value is 0.0900. The summed E-state index contributed by atoms with van der Waals surface area (Å²) in [4.78, 5) is 0.918. The molecule has 0 unspecified atom stereocenters. The Morgan fingerprint density at radius 2 is 1.89 bits per heavy atom. The molecule has 0 saturated heterocycles. The Morgan fingerprint density at radius 1 is 1.21 bits per heavy atom. The highest BCUT2D eigenvalue weighted by Gasteiger charge is 2.21. The van der Waals surface area contributed by atoms with Gasteiger partial charge in [-0.2, -0.15) is 0 Å². The van der Waals surface area contributed by atoms with Crippen LogP contribution in [0.3, 0.4) is 0 Å². The van der Waals surface area contributed by atoms with E-state index in [1.165, 1.54) is 0 Å². The maximum absolute atomic E-state index is 12.2. The third-order valence-electron chi connectivity index (χ3n) is 3.44. The molecule has 1 saturated carbocycles. The molecule has 3 nitrogen and oxygen atoms in total. The van der Waals surface area contributed by atoms with Crippen molar-refractivity contribution in [2.45, 2.75) is 35.4 Å². The van der Waals surface area contributed by atoms with Crippen LogP contribution in [-0.4, -0.2) is 19.8 Å². The van der Waals surface area contributed by atoms with E-state index in [9.17, 15) is 8.42 Å². The zero-order valence-corrected chi connectivity index (χ0v) is 14.5. The molecule has 0 heterocycles. The summed E-state index contributed by atoms with van der Waals surface area (Å²) >= 11 is 6.90. The highest BCUT2D eigenvalue weighted by Crippen LogP contribution is 2.28. The van der Waals surface area contributed by atoms with Crippen molar-refractivity contribution in [2.75, 3.05) is 6.54 Å². The molecular formula is C13H17Br2NO2S. The summed E-state index contributed by atoms with van der Waals surface area (Å²) in [5.41, 5.74) is 0. The van der Waals surface area contributed by atoms with E-state index >= 15 is 0 Å². The molecule has 1 fully saturated rings. The second-order valence-electron chi connectivity index (χ2n) is 4.93. The van der Waals surface area contributed by atoms with Gasteiger partial charge in [-0.25, -0.2) is 13.1 Å². The van der Waals surface area contributed by atoms with Crippen LogP contribution >= 0.6 is 31.9 Å². The standard InChI is InChI=1S/C13H17Br2NO2S/c14-11-6-4-10(5-7-11)9-16-19(17,18)13-3-1-2-12(15)8-13/h1-3,8,10-11,16H,4-7,9H2. The second kappa shape index (κ2) is 6.70. The zero-order chi connectivity index (χ0) is 13.9. The van der Waals surface area contributed by atoms with Crippen LogP contribution in [0.1, 0.15) is 25.7 Å². The third kappa shape index (κ3) is 4.55. The molecule has 6 heteroatoms. The summed E-state index contributed by atoms with van der Waals surface area (Å²) in [6, 6.07) is 6.78. The Labute approximate surface area is 131 Å². The van der Waals surface area contributed by atoms with E-state index < -0.39 is 10.0 Å². The number of benzene rings is 1. The highest BCUT2D eigenvalue weighted by molar-refractivity contribution is 9.10. The van der Waals surface area contributed by atoms with Gasteiger partial charge in [-0.05, 0) is 49.8 Å². The number of nitrogens with one attached hydrogen (secondary N) is 1. The normalized spacial score (nSPS) is 24.3. The van der Waals surface area contributed by atoms with Crippen LogP contribution < -0.4 is 4.72 Å². The van der Waals surface area contributed by atoms with Gasteiger partial charge in [-0.1, -0.05) is 37.9 Å². The molecule has 0 radical (unpaired) electrons. The van der Waals surface area contributed by atoms with Crippen molar-refractivity contribution in [1.82, 2.24) is 4.72 Å². The molecule has 1 aliphatic carbocycles. The van der Waals surface area contributed by atoms with Gasteiger partial charge in [0.15, 0.2) is 0 Å². The van der Waals surface area contributed by atoms with Crippen molar-refractivity contribution in [1.29, 1.82) is 0 Å². The summed E-state index contributed by atoms with van der Waals surface area (Å²) in [5, 5.41) is 0. The van der Waals surface area contributed by atoms with Crippen LogP contribution in [0.4, 0.5) is 0 Å². The van der Waals surface area contributed by atoms with Crippen molar-refractivity contribution in [3.05, 3.63) is 28.7 Å². The van der Waals surface area contributed by atoms with E-state index in [1.807, 2.05) is 6.07 Å². The van der Waals surface area contributed by atoms with Crippen molar-refractivity contribution in [3.63, 3.8) is 0 Å². The lowest BCUT2D eigenvalue weighted by atomic mass is 9.89. The van der Waals surface area contributed by atoms with E-state index in [1.54, 1.807) is 18.2 Å². The lowest BCUT2D eigenvalue weighted by Crippen LogP contribution is -2.31. The minimum absolute atomic E-state index is 0.316. The molecule has 19 heavy (non-hydrogen) atoms. The molecular weight excluding hydrogens is 394 g/mol. The minimum Gasteiger partial charge on any atom is -0.211 e. The lowest BCUT2D eigenvalue weighted by molar-refractivity contribution is 0.366. The maximum Gasteiger partial charge on any atom is 0.240 e. The second-order valence-corrected chi connectivity index (χ2v) is 8.90. The molecule has 1 aliphatic rings. The van der Waals surface area contributed by atoms with Gasteiger partial charge in [-0.15, -0.1) is 0 Å². The fourth-order valence-corrected chi connectivity index (χ4v) is 4.51. The van der Waals surface area contributed by atoms with Crippen LogP contribution in [0, 0.1) is 5.92 Å². The fourth-order valence-electron chi connectivity index (χ4n) is 2.27. The number of rotatable bonds is 4. The van der Waals surface area contributed by atoms with Gasteiger partial charge < -0.3 is 0 Å². The quantitative estimate of drug-likeness (QED) is 0.769. The first-order valence-electron chi connectivity index (χ1n) is 6.36. The number of sulfonamides is 1. The van der Waals surface area contributed by atoms with Crippen LogP contribution in [0.2, 0.25) is 0 Å². The summed E-state index contributed by atoms with van der Waals surface area (Å²) in [6.45, 7) is 0.536. The first-order valence-corrected chi connectivity index (χ1v) is 9.56. The monoisotopic (exact) mass is 409 g/mol. The lowest BCUT2D eigenvalue weighted by Gasteiger charge is -2.25. The van der Waals surface area contributed by atoms with Crippen LogP contribution in [-0.2, 0) is 10.0 Å². The predicted octanol–water partition coefficient (Wildman–Crippen LogP) is 3.68. The van der Waals surface area contributed by atoms with Gasteiger partial charge >= 0.3 is 0 Å². The zero-order valence-electron chi connectivity index (χ0n) is 10.5. The predicted molar refractivity (Wildman–Crippen MR) is 84.0 cm³/mol. The van der Waals surface area contributed by atoms with E-state index in [-0.39, 0.29) is 0 Å². The first kappa shape index (κ1) is 15.5. The van der Waals surface area contributed by atoms with Gasteiger partial charge in [0, 0.05) is 15.8 Å². The van der Waals surface area contributed by atoms with Gasteiger partial charge in [-0.3, -0.25) is 0 Å². The average molecular weight is 411 g/mol. The average Bonchev–Trinajstić information content (AvgIpc) is 2.38.